The van der Waals surface area contributed by atoms with Gasteiger partial charge in [0, 0.05) is 0 Å². The second kappa shape index (κ2) is 3.86. The standard InChI is InChI=1S/C8H5F4.Sn.H/c1-5-4-6(8(10,11)12)2-3-7(5)9;;/h2-4H,1H2;;. The monoisotopic (exact) mass is 298 g/mol. The van der Waals surface area contributed by atoms with Crippen LogP contribution in [-0.2, 0) is 10.6 Å². The molecular formula is C8H6F4Sn. The summed E-state index contributed by atoms with van der Waals surface area (Å²) in [5, 5.41) is 0. The molecule has 0 saturated carbocycles. The fourth-order valence-electron chi connectivity index (χ4n) is 0.907. The molecular weight excluding hydrogens is 291 g/mol. The fourth-order valence-corrected chi connectivity index (χ4v) is 1.80. The zero-order valence-corrected chi connectivity index (χ0v) is 9.82. The van der Waals surface area contributed by atoms with E-state index in [1.807, 2.05) is 0 Å². The van der Waals surface area contributed by atoms with E-state index in [1.54, 1.807) is 0 Å². The first-order chi connectivity index (χ1) is 5.95. The van der Waals surface area contributed by atoms with Gasteiger partial charge in [0.05, 0.1) is 0 Å². The van der Waals surface area contributed by atoms with Gasteiger partial charge < -0.3 is 0 Å². The zero-order chi connectivity index (χ0) is 10.1. The van der Waals surface area contributed by atoms with Gasteiger partial charge in [-0.05, 0) is 0 Å². The Morgan fingerprint density at radius 3 is 2.31 bits per heavy atom. The third-order valence-electron chi connectivity index (χ3n) is 1.59. The van der Waals surface area contributed by atoms with Crippen molar-refractivity contribution >= 4 is 22.5 Å². The van der Waals surface area contributed by atoms with Crippen molar-refractivity contribution in [2.45, 2.75) is 10.6 Å². The van der Waals surface area contributed by atoms with E-state index in [9.17, 15) is 17.6 Å². The third-order valence-corrected chi connectivity index (χ3v) is 2.85. The van der Waals surface area contributed by atoms with E-state index in [4.69, 9.17) is 0 Å². The quantitative estimate of drug-likeness (QED) is 0.551. The molecule has 0 N–H and O–H groups in total. The molecule has 0 amide bonds. The van der Waals surface area contributed by atoms with Crippen LogP contribution in [0.1, 0.15) is 11.1 Å². The molecule has 0 unspecified atom stereocenters. The third kappa shape index (κ3) is 2.59. The van der Waals surface area contributed by atoms with Crippen LogP contribution in [0.15, 0.2) is 18.2 Å². The molecule has 5 heteroatoms. The van der Waals surface area contributed by atoms with Gasteiger partial charge in [-0.3, -0.25) is 0 Å². The van der Waals surface area contributed by atoms with Crippen molar-refractivity contribution in [3.05, 3.63) is 35.1 Å². The molecule has 0 atom stereocenters. The summed E-state index contributed by atoms with van der Waals surface area (Å²) >= 11 is 0.714. The Morgan fingerprint density at radius 2 is 1.85 bits per heavy atom. The normalized spacial score (nSPS) is 11.8. The van der Waals surface area contributed by atoms with Crippen molar-refractivity contribution in [2.24, 2.45) is 0 Å². The van der Waals surface area contributed by atoms with Crippen molar-refractivity contribution < 1.29 is 17.6 Å². The molecule has 1 aromatic rings. The van der Waals surface area contributed by atoms with Gasteiger partial charge in [-0.2, -0.15) is 0 Å². The first-order valence-corrected chi connectivity index (χ1v) is 5.84. The van der Waals surface area contributed by atoms with Crippen LogP contribution in [0.2, 0.25) is 0 Å². The summed E-state index contributed by atoms with van der Waals surface area (Å²) in [6.45, 7) is 0. The first kappa shape index (κ1) is 10.8. The van der Waals surface area contributed by atoms with Crippen molar-refractivity contribution in [3.8, 4) is 0 Å². The van der Waals surface area contributed by atoms with Crippen LogP contribution < -0.4 is 0 Å². The van der Waals surface area contributed by atoms with Gasteiger partial charge in [0.2, 0.25) is 0 Å². The Hall–Kier alpha value is -0.261. The number of benzene rings is 1. The summed E-state index contributed by atoms with van der Waals surface area (Å²) in [6, 6.07) is 2.50. The number of halogens is 4. The van der Waals surface area contributed by atoms with Crippen molar-refractivity contribution in [3.63, 3.8) is 0 Å². The summed E-state index contributed by atoms with van der Waals surface area (Å²) in [4.78, 5) is 0. The Bertz CT molecular complexity index is 306. The van der Waals surface area contributed by atoms with E-state index < -0.39 is 17.6 Å². The number of hydrogen-bond acceptors (Lipinski definition) is 0. The average Bonchev–Trinajstić information content (AvgIpc) is 2.03. The molecule has 0 aromatic heterocycles. The minimum absolute atomic E-state index is 0.150. The second-order valence-electron chi connectivity index (χ2n) is 2.51. The van der Waals surface area contributed by atoms with E-state index in [-0.39, 0.29) is 5.56 Å². The van der Waals surface area contributed by atoms with E-state index in [1.165, 1.54) is 0 Å². The van der Waals surface area contributed by atoms with Gasteiger partial charge in [-0.1, -0.05) is 0 Å². The molecule has 0 aliphatic carbocycles. The van der Waals surface area contributed by atoms with Crippen LogP contribution >= 0.6 is 0 Å². The number of hydrogen-bond donors (Lipinski definition) is 0. The molecule has 0 bridgehead atoms. The van der Waals surface area contributed by atoms with Crippen LogP contribution in [0, 0.1) is 5.82 Å². The van der Waals surface area contributed by atoms with Crippen molar-refractivity contribution in [1.82, 2.24) is 0 Å². The SMILES string of the molecule is Fc1ccc(C(F)(F)F)cc1[CH2][SnH]. The Balaban J connectivity index is 3.14. The molecule has 0 aliphatic heterocycles. The molecule has 70 valence electrons. The Labute approximate surface area is 86.0 Å². The molecule has 0 heterocycles. The number of rotatable bonds is 1. The Kier molecular flexibility index (Phi) is 3.21. The van der Waals surface area contributed by atoms with E-state index >= 15 is 0 Å². The molecule has 13 heavy (non-hydrogen) atoms. The summed E-state index contributed by atoms with van der Waals surface area (Å²) in [7, 11) is 0. The predicted octanol–water partition coefficient (Wildman–Crippen LogP) is 2.25. The molecule has 0 nitrogen and oxygen atoms in total. The van der Waals surface area contributed by atoms with Crippen LogP contribution in [0.25, 0.3) is 0 Å². The van der Waals surface area contributed by atoms with Gasteiger partial charge >= 0.3 is 85.8 Å². The van der Waals surface area contributed by atoms with Crippen LogP contribution in [0.4, 0.5) is 17.6 Å². The van der Waals surface area contributed by atoms with Gasteiger partial charge in [0.1, 0.15) is 0 Å². The predicted molar refractivity (Wildman–Crippen MR) is 42.3 cm³/mol. The zero-order valence-electron chi connectivity index (χ0n) is 6.53. The van der Waals surface area contributed by atoms with Crippen LogP contribution in [0.3, 0.4) is 0 Å². The first-order valence-electron chi connectivity index (χ1n) is 3.51. The van der Waals surface area contributed by atoms with Crippen LogP contribution in [-0.4, -0.2) is 22.5 Å². The molecule has 2 radical (unpaired) electrons. The molecule has 1 aromatic carbocycles. The van der Waals surface area contributed by atoms with Crippen molar-refractivity contribution in [2.75, 3.05) is 0 Å². The van der Waals surface area contributed by atoms with E-state index in [0.717, 1.165) is 18.2 Å². The average molecular weight is 297 g/mol. The van der Waals surface area contributed by atoms with Gasteiger partial charge in [-0.25, -0.2) is 0 Å². The fraction of sp³-hybridized carbons (Fsp3) is 0.250. The summed E-state index contributed by atoms with van der Waals surface area (Å²) in [5.74, 6) is -0.555. The van der Waals surface area contributed by atoms with E-state index in [0.29, 0.717) is 27.0 Å². The second-order valence-corrected chi connectivity index (χ2v) is 3.67. The summed E-state index contributed by atoms with van der Waals surface area (Å²) in [6.07, 6.45) is -4.38. The summed E-state index contributed by atoms with van der Waals surface area (Å²) < 4.78 is 49.6. The maximum absolute atomic E-state index is 12.8. The van der Waals surface area contributed by atoms with E-state index in [2.05, 4.69) is 0 Å². The topological polar surface area (TPSA) is 0 Å². The maximum atomic E-state index is 12.8. The molecule has 0 fully saturated rings. The Morgan fingerprint density at radius 1 is 1.23 bits per heavy atom. The molecule has 0 spiro atoms. The molecule has 1 rings (SSSR count). The van der Waals surface area contributed by atoms with Gasteiger partial charge in [0.15, 0.2) is 0 Å². The van der Waals surface area contributed by atoms with Crippen molar-refractivity contribution in [1.29, 1.82) is 0 Å². The van der Waals surface area contributed by atoms with Gasteiger partial charge in [-0.15, -0.1) is 0 Å². The van der Waals surface area contributed by atoms with Gasteiger partial charge in [0.25, 0.3) is 0 Å². The molecule has 0 aliphatic rings. The molecule has 0 saturated heterocycles. The summed E-state index contributed by atoms with van der Waals surface area (Å²) in [5.41, 5.74) is -0.629. The van der Waals surface area contributed by atoms with Crippen LogP contribution in [0.5, 0.6) is 0 Å². The number of alkyl halides is 3. The minimum atomic E-state index is -4.38.